The van der Waals surface area contributed by atoms with Crippen LogP contribution in [0.3, 0.4) is 0 Å². The van der Waals surface area contributed by atoms with Crippen LogP contribution in [0.1, 0.15) is 17.7 Å². The predicted molar refractivity (Wildman–Crippen MR) is 116 cm³/mol. The van der Waals surface area contributed by atoms with Gasteiger partial charge in [0.25, 0.3) is 5.89 Å². The third kappa shape index (κ3) is 5.06. The third-order valence-electron chi connectivity index (χ3n) is 4.80. The van der Waals surface area contributed by atoms with Crippen molar-refractivity contribution in [2.24, 2.45) is 0 Å². The number of nitrogens with zero attached hydrogens (tertiary/aromatic N) is 3. The summed E-state index contributed by atoms with van der Waals surface area (Å²) in [5.74, 6) is 0.0591. The van der Waals surface area contributed by atoms with Gasteiger partial charge in [0, 0.05) is 23.5 Å². The molecule has 0 atom stereocenters. The summed E-state index contributed by atoms with van der Waals surface area (Å²) in [6.45, 7) is 4.86. The molecule has 0 unspecified atom stereocenters. The molecule has 3 heterocycles. The van der Waals surface area contributed by atoms with E-state index in [-0.39, 0.29) is 29.0 Å². The highest BCUT2D eigenvalue weighted by Gasteiger charge is 2.23. The lowest BCUT2D eigenvalue weighted by molar-refractivity contribution is 0.344. The van der Waals surface area contributed by atoms with Crippen molar-refractivity contribution in [1.82, 2.24) is 19.8 Å². The monoisotopic (exact) mass is 472 g/mol. The van der Waals surface area contributed by atoms with Crippen LogP contribution in [0.2, 0.25) is 0 Å². The van der Waals surface area contributed by atoms with Crippen LogP contribution in [0.25, 0.3) is 22.2 Å². The van der Waals surface area contributed by atoms with Crippen molar-refractivity contribution in [2.45, 2.75) is 24.7 Å². The van der Waals surface area contributed by atoms with Crippen molar-refractivity contribution in [3.8, 4) is 22.2 Å². The fourth-order valence-electron chi connectivity index (χ4n) is 3.33. The number of thiophene rings is 1. The van der Waals surface area contributed by atoms with Crippen LogP contribution >= 0.6 is 23.7 Å². The van der Waals surface area contributed by atoms with E-state index in [1.54, 1.807) is 25.1 Å². The van der Waals surface area contributed by atoms with Gasteiger partial charge in [-0.25, -0.2) is 17.5 Å². The predicted octanol–water partition coefficient (Wildman–Crippen LogP) is 3.71. The first-order valence-corrected chi connectivity index (χ1v) is 11.6. The maximum Gasteiger partial charge on any atom is 0.268 e. The maximum atomic E-state index is 13.4. The van der Waals surface area contributed by atoms with E-state index in [0.29, 0.717) is 28.4 Å². The van der Waals surface area contributed by atoms with Gasteiger partial charge in [0.15, 0.2) is 0 Å². The summed E-state index contributed by atoms with van der Waals surface area (Å²) in [7, 11) is -3.63. The Morgan fingerprint density at radius 3 is 2.77 bits per heavy atom. The molecule has 2 aromatic heterocycles. The quantitative estimate of drug-likeness (QED) is 0.564. The third-order valence-corrected chi connectivity index (χ3v) is 7.56. The van der Waals surface area contributed by atoms with Gasteiger partial charge in [-0.05, 0) is 51.1 Å². The Morgan fingerprint density at radius 1 is 1.27 bits per heavy atom. The molecule has 1 N–H and O–H groups in total. The smallest absolute Gasteiger partial charge is 0.268 e. The van der Waals surface area contributed by atoms with Crippen LogP contribution in [0.4, 0.5) is 4.39 Å². The Morgan fingerprint density at radius 2 is 2.03 bits per heavy atom. The summed E-state index contributed by atoms with van der Waals surface area (Å²) < 4.78 is 46.8. The molecular weight excluding hydrogens is 451 g/mol. The number of likely N-dealkylation sites (tertiary alicyclic amines) is 1. The van der Waals surface area contributed by atoms with Crippen molar-refractivity contribution >= 4 is 33.8 Å². The van der Waals surface area contributed by atoms with Gasteiger partial charge in [0.2, 0.25) is 15.8 Å². The molecular formula is C19H22ClFN4O3S2. The molecule has 7 nitrogen and oxygen atoms in total. The van der Waals surface area contributed by atoms with E-state index in [1.807, 2.05) is 0 Å². The molecule has 30 heavy (non-hydrogen) atoms. The number of hydrogen-bond donors (Lipinski definition) is 1. The Balaban J connectivity index is 0.00000256. The molecule has 0 bridgehead atoms. The molecule has 1 fully saturated rings. The van der Waals surface area contributed by atoms with Crippen LogP contribution in [0.15, 0.2) is 39.8 Å². The largest absolute Gasteiger partial charge is 0.333 e. The van der Waals surface area contributed by atoms with Crippen LogP contribution < -0.4 is 4.72 Å². The molecule has 3 aromatic rings. The second-order valence-electron chi connectivity index (χ2n) is 6.91. The number of benzene rings is 1. The Bertz CT molecular complexity index is 1110. The van der Waals surface area contributed by atoms with Crippen molar-refractivity contribution < 1.29 is 17.3 Å². The van der Waals surface area contributed by atoms with E-state index in [1.165, 1.54) is 36.3 Å². The van der Waals surface area contributed by atoms with E-state index in [9.17, 15) is 12.8 Å². The fraction of sp³-hybridized carbons (Fsp3) is 0.368. The highest BCUT2D eigenvalue weighted by molar-refractivity contribution is 7.89. The molecule has 1 aliphatic heterocycles. The number of hydrogen-bond acceptors (Lipinski definition) is 7. The second kappa shape index (κ2) is 9.52. The molecule has 0 radical (unpaired) electrons. The highest BCUT2D eigenvalue weighted by Crippen LogP contribution is 2.33. The zero-order valence-corrected chi connectivity index (χ0v) is 18.7. The number of nitrogens with one attached hydrogen (secondary N) is 1. The average molecular weight is 473 g/mol. The lowest BCUT2D eigenvalue weighted by atomic mass is 10.2. The zero-order chi connectivity index (χ0) is 20.4. The first kappa shape index (κ1) is 22.8. The molecule has 1 aliphatic rings. The van der Waals surface area contributed by atoms with Gasteiger partial charge in [-0.2, -0.15) is 4.98 Å². The summed E-state index contributed by atoms with van der Waals surface area (Å²) in [6.07, 6.45) is 2.34. The van der Waals surface area contributed by atoms with Crippen LogP contribution in [0, 0.1) is 12.7 Å². The molecule has 1 saturated heterocycles. The molecule has 0 aliphatic carbocycles. The van der Waals surface area contributed by atoms with Crippen LogP contribution in [-0.4, -0.2) is 49.6 Å². The molecule has 0 amide bonds. The Kier molecular flexibility index (Phi) is 7.25. The number of halogens is 2. The normalized spacial score (nSPS) is 14.7. The minimum Gasteiger partial charge on any atom is -0.333 e. The minimum absolute atomic E-state index is 0. The summed E-state index contributed by atoms with van der Waals surface area (Å²) >= 11 is 1.26. The standard InChI is InChI=1S/C19H21FN4O3S2.ClH/c1-13-17(29(25,26)21-7-10-24-8-2-3-9-24)12-16(28-13)19-22-18(23-27-19)14-5-4-6-15(20)11-14;/h4-6,11-12,21H,2-3,7-10H2,1H3;1H. The summed E-state index contributed by atoms with van der Waals surface area (Å²) in [6, 6.07) is 7.43. The van der Waals surface area contributed by atoms with E-state index in [0.717, 1.165) is 13.1 Å². The molecule has 162 valence electrons. The maximum absolute atomic E-state index is 13.4. The van der Waals surface area contributed by atoms with Gasteiger partial charge in [0.1, 0.15) is 5.82 Å². The summed E-state index contributed by atoms with van der Waals surface area (Å²) in [5, 5.41) is 3.88. The summed E-state index contributed by atoms with van der Waals surface area (Å²) in [4.78, 5) is 7.94. The lowest BCUT2D eigenvalue weighted by Gasteiger charge is -2.14. The van der Waals surface area contributed by atoms with Gasteiger partial charge < -0.3 is 9.42 Å². The highest BCUT2D eigenvalue weighted by atomic mass is 35.5. The molecule has 4 rings (SSSR count). The van der Waals surface area contributed by atoms with Crippen LogP contribution in [-0.2, 0) is 10.0 Å². The van der Waals surface area contributed by atoms with Crippen molar-refractivity contribution in [3.63, 3.8) is 0 Å². The SMILES string of the molecule is Cc1sc(-c2nc(-c3cccc(F)c3)no2)cc1S(=O)(=O)NCCN1CCCC1.Cl. The van der Waals surface area contributed by atoms with Crippen molar-refractivity contribution in [3.05, 3.63) is 41.0 Å². The van der Waals surface area contributed by atoms with Gasteiger partial charge in [0.05, 0.1) is 9.77 Å². The van der Waals surface area contributed by atoms with Gasteiger partial charge >= 0.3 is 0 Å². The fourth-order valence-corrected chi connectivity index (χ4v) is 5.86. The minimum atomic E-state index is -3.63. The van der Waals surface area contributed by atoms with Gasteiger partial charge in [-0.15, -0.1) is 23.7 Å². The lowest BCUT2D eigenvalue weighted by Crippen LogP contribution is -2.33. The number of rotatable bonds is 7. The topological polar surface area (TPSA) is 88.3 Å². The molecule has 11 heteroatoms. The molecule has 1 aromatic carbocycles. The van der Waals surface area contributed by atoms with Crippen LogP contribution in [0.5, 0.6) is 0 Å². The number of sulfonamides is 1. The van der Waals surface area contributed by atoms with Gasteiger partial charge in [-0.3, -0.25) is 0 Å². The Labute approximate surface area is 184 Å². The van der Waals surface area contributed by atoms with Crippen molar-refractivity contribution in [2.75, 3.05) is 26.2 Å². The second-order valence-corrected chi connectivity index (χ2v) is 9.90. The van der Waals surface area contributed by atoms with Gasteiger partial charge in [-0.1, -0.05) is 17.3 Å². The molecule has 0 saturated carbocycles. The Hall–Kier alpha value is -1.85. The average Bonchev–Trinajstić information content (AvgIpc) is 3.42. The van der Waals surface area contributed by atoms with E-state index >= 15 is 0 Å². The number of aromatic nitrogens is 2. The first-order valence-electron chi connectivity index (χ1n) is 9.35. The van der Waals surface area contributed by atoms with E-state index in [2.05, 4.69) is 19.8 Å². The van der Waals surface area contributed by atoms with E-state index < -0.39 is 15.8 Å². The molecule has 0 spiro atoms. The number of aryl methyl sites for hydroxylation is 1. The summed E-state index contributed by atoms with van der Waals surface area (Å²) in [5.41, 5.74) is 0.490. The van der Waals surface area contributed by atoms with E-state index in [4.69, 9.17) is 4.52 Å². The van der Waals surface area contributed by atoms with Crippen molar-refractivity contribution in [1.29, 1.82) is 0 Å². The zero-order valence-electron chi connectivity index (χ0n) is 16.3. The first-order chi connectivity index (χ1) is 13.9.